The van der Waals surface area contributed by atoms with Gasteiger partial charge in [-0.2, -0.15) is 0 Å². The lowest BCUT2D eigenvalue weighted by Gasteiger charge is -2.30. The zero-order valence-electron chi connectivity index (χ0n) is 9.50. The highest BCUT2D eigenvalue weighted by molar-refractivity contribution is 4.76. The van der Waals surface area contributed by atoms with Crippen molar-refractivity contribution in [3.05, 3.63) is 0 Å². The molecule has 1 unspecified atom stereocenters. The predicted molar refractivity (Wildman–Crippen MR) is 59.4 cm³/mol. The number of nitrogens with zero attached hydrogens (tertiary/aromatic N) is 1. The van der Waals surface area contributed by atoms with Crippen molar-refractivity contribution < 1.29 is 5.11 Å². The van der Waals surface area contributed by atoms with Crippen LogP contribution < -0.4 is 5.32 Å². The molecule has 0 aromatic heterocycles. The Morgan fingerprint density at radius 2 is 2.07 bits per heavy atom. The molecular weight excluding hydrogens is 176 g/mol. The summed E-state index contributed by atoms with van der Waals surface area (Å²) >= 11 is 0. The molecule has 0 aromatic carbocycles. The summed E-state index contributed by atoms with van der Waals surface area (Å²) < 4.78 is 0. The first-order valence-corrected chi connectivity index (χ1v) is 5.79. The van der Waals surface area contributed by atoms with Gasteiger partial charge in [-0.3, -0.25) is 0 Å². The van der Waals surface area contributed by atoms with Gasteiger partial charge in [0.2, 0.25) is 0 Å². The van der Waals surface area contributed by atoms with E-state index in [4.69, 9.17) is 5.11 Å². The molecule has 1 aliphatic heterocycles. The maximum atomic E-state index is 9.05. The largest absolute Gasteiger partial charge is 0.396 e. The summed E-state index contributed by atoms with van der Waals surface area (Å²) in [5.74, 6) is 0.439. The summed E-state index contributed by atoms with van der Waals surface area (Å²) in [6.07, 6.45) is 3.56. The van der Waals surface area contributed by atoms with Gasteiger partial charge in [-0.1, -0.05) is 6.92 Å². The lowest BCUT2D eigenvalue weighted by atomic mass is 10.0. The fourth-order valence-corrected chi connectivity index (χ4v) is 1.88. The number of hydrogen-bond donors (Lipinski definition) is 2. The molecule has 1 atom stereocenters. The summed E-state index contributed by atoms with van der Waals surface area (Å²) in [4.78, 5) is 2.38. The topological polar surface area (TPSA) is 35.5 Å². The summed E-state index contributed by atoms with van der Waals surface area (Å²) in [6.45, 7) is 5.83. The van der Waals surface area contributed by atoms with Crippen LogP contribution in [0.1, 0.15) is 26.2 Å². The number of aliphatic hydroxyl groups is 1. The van der Waals surface area contributed by atoms with E-state index in [0.717, 1.165) is 13.0 Å². The summed E-state index contributed by atoms with van der Waals surface area (Å²) in [5.41, 5.74) is 0. The molecule has 0 radical (unpaired) electrons. The molecule has 3 heteroatoms. The quantitative estimate of drug-likeness (QED) is 0.685. The Morgan fingerprint density at radius 3 is 2.57 bits per heavy atom. The highest BCUT2D eigenvalue weighted by Gasteiger charge is 2.16. The van der Waals surface area contributed by atoms with Crippen molar-refractivity contribution in [3.8, 4) is 0 Å². The number of hydrogen-bond acceptors (Lipinski definition) is 3. The van der Waals surface area contributed by atoms with Crippen molar-refractivity contribution in [1.82, 2.24) is 10.2 Å². The van der Waals surface area contributed by atoms with E-state index in [-0.39, 0.29) is 0 Å². The van der Waals surface area contributed by atoms with Crippen LogP contribution in [0.25, 0.3) is 0 Å². The van der Waals surface area contributed by atoms with Crippen LogP contribution in [-0.4, -0.2) is 49.3 Å². The van der Waals surface area contributed by atoms with Crippen LogP contribution in [0.2, 0.25) is 0 Å². The van der Waals surface area contributed by atoms with Gasteiger partial charge in [-0.15, -0.1) is 0 Å². The normalized spacial score (nSPS) is 22.5. The molecule has 1 saturated heterocycles. The second-order valence-corrected chi connectivity index (χ2v) is 4.44. The fraction of sp³-hybridized carbons (Fsp3) is 1.00. The zero-order chi connectivity index (χ0) is 10.4. The lowest BCUT2D eigenvalue weighted by molar-refractivity contribution is 0.196. The van der Waals surface area contributed by atoms with Gasteiger partial charge in [0, 0.05) is 19.2 Å². The molecule has 0 aromatic rings. The molecule has 0 spiro atoms. The van der Waals surface area contributed by atoms with Crippen LogP contribution in [0.15, 0.2) is 0 Å². The Morgan fingerprint density at radius 1 is 1.43 bits per heavy atom. The second-order valence-electron chi connectivity index (χ2n) is 4.44. The van der Waals surface area contributed by atoms with Gasteiger partial charge in [0.15, 0.2) is 0 Å². The van der Waals surface area contributed by atoms with E-state index in [2.05, 4.69) is 24.2 Å². The van der Waals surface area contributed by atoms with Crippen LogP contribution in [0.4, 0.5) is 0 Å². The molecule has 1 fully saturated rings. The molecule has 14 heavy (non-hydrogen) atoms. The van der Waals surface area contributed by atoms with E-state index in [1.54, 1.807) is 0 Å². The highest BCUT2D eigenvalue weighted by Crippen LogP contribution is 2.09. The van der Waals surface area contributed by atoms with Crippen LogP contribution in [-0.2, 0) is 0 Å². The Bertz CT molecular complexity index is 140. The number of piperidine rings is 1. The predicted octanol–water partition coefficient (Wildman–Crippen LogP) is 0.689. The van der Waals surface area contributed by atoms with Crippen molar-refractivity contribution in [1.29, 1.82) is 0 Å². The smallest absolute Gasteiger partial charge is 0.0471 e. The van der Waals surface area contributed by atoms with Crippen LogP contribution >= 0.6 is 0 Å². The molecule has 3 nitrogen and oxygen atoms in total. The summed E-state index contributed by atoms with van der Waals surface area (Å²) in [6, 6.07) is 0.673. The standard InChI is InChI=1S/C11H24N2O/c1-3-10(9-14)8-12-11-4-6-13(2)7-5-11/h10-12,14H,3-9H2,1-2H3. The number of aliphatic hydroxyl groups excluding tert-OH is 1. The van der Waals surface area contributed by atoms with E-state index in [1.807, 2.05) is 0 Å². The third-order valence-electron chi connectivity index (χ3n) is 3.25. The minimum absolute atomic E-state index is 0.316. The third-order valence-corrected chi connectivity index (χ3v) is 3.25. The lowest BCUT2D eigenvalue weighted by Crippen LogP contribution is -2.42. The molecule has 0 amide bonds. The molecular formula is C11H24N2O. The van der Waals surface area contributed by atoms with E-state index < -0.39 is 0 Å². The van der Waals surface area contributed by atoms with Crippen molar-refractivity contribution in [2.45, 2.75) is 32.2 Å². The van der Waals surface area contributed by atoms with Crippen molar-refractivity contribution in [3.63, 3.8) is 0 Å². The maximum Gasteiger partial charge on any atom is 0.0471 e. The maximum absolute atomic E-state index is 9.05. The van der Waals surface area contributed by atoms with Crippen molar-refractivity contribution in [2.75, 3.05) is 33.3 Å². The van der Waals surface area contributed by atoms with Gasteiger partial charge in [-0.05, 0) is 45.3 Å². The monoisotopic (exact) mass is 200 g/mol. The highest BCUT2D eigenvalue weighted by atomic mass is 16.3. The average molecular weight is 200 g/mol. The van der Waals surface area contributed by atoms with Crippen molar-refractivity contribution >= 4 is 0 Å². The zero-order valence-corrected chi connectivity index (χ0v) is 9.50. The molecule has 1 rings (SSSR count). The second kappa shape index (κ2) is 6.38. The van der Waals surface area contributed by atoms with Crippen LogP contribution in [0, 0.1) is 5.92 Å². The number of likely N-dealkylation sites (tertiary alicyclic amines) is 1. The van der Waals surface area contributed by atoms with Crippen molar-refractivity contribution in [2.24, 2.45) is 5.92 Å². The molecule has 1 aliphatic rings. The van der Waals surface area contributed by atoms with Crippen LogP contribution in [0.3, 0.4) is 0 Å². The first kappa shape index (κ1) is 12.0. The Labute approximate surface area is 87.5 Å². The fourth-order valence-electron chi connectivity index (χ4n) is 1.88. The van der Waals surface area contributed by atoms with Gasteiger partial charge >= 0.3 is 0 Å². The molecule has 0 aliphatic carbocycles. The molecule has 0 bridgehead atoms. The Hall–Kier alpha value is -0.120. The molecule has 2 N–H and O–H groups in total. The average Bonchev–Trinajstić information content (AvgIpc) is 2.22. The summed E-state index contributed by atoms with van der Waals surface area (Å²) in [5, 5.41) is 12.6. The Kier molecular flexibility index (Phi) is 5.45. The van der Waals surface area contributed by atoms with Gasteiger partial charge in [0.1, 0.15) is 0 Å². The molecule has 0 saturated carbocycles. The van der Waals surface area contributed by atoms with E-state index in [1.165, 1.54) is 25.9 Å². The first-order chi connectivity index (χ1) is 6.76. The SMILES string of the molecule is CCC(CO)CNC1CCN(C)CC1. The summed E-state index contributed by atoms with van der Waals surface area (Å²) in [7, 11) is 2.18. The van der Waals surface area contributed by atoms with E-state index in [9.17, 15) is 0 Å². The third kappa shape index (κ3) is 3.95. The van der Waals surface area contributed by atoms with Gasteiger partial charge < -0.3 is 15.3 Å². The van der Waals surface area contributed by atoms with E-state index >= 15 is 0 Å². The first-order valence-electron chi connectivity index (χ1n) is 5.79. The number of nitrogens with one attached hydrogen (secondary N) is 1. The minimum atomic E-state index is 0.316. The van der Waals surface area contributed by atoms with Crippen LogP contribution in [0.5, 0.6) is 0 Å². The van der Waals surface area contributed by atoms with E-state index in [0.29, 0.717) is 18.6 Å². The molecule has 84 valence electrons. The Balaban J connectivity index is 2.12. The van der Waals surface area contributed by atoms with Gasteiger partial charge in [-0.25, -0.2) is 0 Å². The van der Waals surface area contributed by atoms with Gasteiger partial charge in [0.25, 0.3) is 0 Å². The minimum Gasteiger partial charge on any atom is -0.396 e. The molecule has 1 heterocycles. The van der Waals surface area contributed by atoms with Gasteiger partial charge in [0.05, 0.1) is 0 Å². The number of rotatable bonds is 5.